The number of hydrogen-bond donors (Lipinski definition) is 1. The molecule has 3 heteroatoms. The van der Waals surface area contributed by atoms with Crippen LogP contribution in [-0.2, 0) is 0 Å². The highest BCUT2D eigenvalue weighted by Gasteiger charge is 2.03. The smallest absolute Gasteiger partial charge is 0.0292 e. The SMILES string of the molecule is CCC(N)c1ccc(Sc2cccc(Br)c2)cc1. The molecule has 18 heavy (non-hydrogen) atoms. The number of halogens is 1. The standard InChI is InChI=1S/C15H16BrNS/c1-2-15(17)11-6-8-13(9-7-11)18-14-5-3-4-12(16)10-14/h3-10,15H,2,17H2,1H3. The maximum Gasteiger partial charge on any atom is 0.0292 e. The van der Waals surface area contributed by atoms with E-state index in [1.165, 1.54) is 15.4 Å². The number of benzene rings is 2. The van der Waals surface area contributed by atoms with Crippen molar-refractivity contribution in [1.29, 1.82) is 0 Å². The van der Waals surface area contributed by atoms with Gasteiger partial charge in [-0.15, -0.1) is 0 Å². The van der Waals surface area contributed by atoms with Crippen molar-refractivity contribution in [1.82, 2.24) is 0 Å². The maximum absolute atomic E-state index is 6.00. The van der Waals surface area contributed by atoms with E-state index in [-0.39, 0.29) is 6.04 Å². The fourth-order valence-corrected chi connectivity index (χ4v) is 3.11. The van der Waals surface area contributed by atoms with Gasteiger partial charge in [-0.05, 0) is 42.3 Å². The molecule has 94 valence electrons. The zero-order chi connectivity index (χ0) is 13.0. The lowest BCUT2D eigenvalue weighted by molar-refractivity contribution is 0.698. The van der Waals surface area contributed by atoms with E-state index in [0.717, 1.165) is 10.9 Å². The quantitative estimate of drug-likeness (QED) is 0.856. The largest absolute Gasteiger partial charge is 0.324 e. The Morgan fingerprint density at radius 3 is 2.44 bits per heavy atom. The lowest BCUT2D eigenvalue weighted by atomic mass is 10.1. The molecule has 2 N–H and O–H groups in total. The van der Waals surface area contributed by atoms with Crippen LogP contribution in [0.1, 0.15) is 24.9 Å². The van der Waals surface area contributed by atoms with Crippen molar-refractivity contribution >= 4 is 27.7 Å². The van der Waals surface area contributed by atoms with Crippen LogP contribution in [0.5, 0.6) is 0 Å². The summed E-state index contributed by atoms with van der Waals surface area (Å²) in [6.07, 6.45) is 0.970. The van der Waals surface area contributed by atoms with Crippen LogP contribution in [0.2, 0.25) is 0 Å². The van der Waals surface area contributed by atoms with Crippen LogP contribution < -0.4 is 5.73 Å². The molecular weight excluding hydrogens is 306 g/mol. The van der Waals surface area contributed by atoms with Crippen LogP contribution >= 0.6 is 27.7 Å². The molecular formula is C15H16BrNS. The Hall–Kier alpha value is -0.770. The summed E-state index contributed by atoms with van der Waals surface area (Å²) in [6.45, 7) is 2.11. The minimum Gasteiger partial charge on any atom is -0.324 e. The first-order valence-corrected chi connectivity index (χ1v) is 7.59. The molecule has 0 saturated heterocycles. The maximum atomic E-state index is 6.00. The average Bonchev–Trinajstić information content (AvgIpc) is 2.39. The van der Waals surface area contributed by atoms with Gasteiger partial charge in [0.2, 0.25) is 0 Å². The zero-order valence-corrected chi connectivity index (χ0v) is 12.7. The highest BCUT2D eigenvalue weighted by atomic mass is 79.9. The van der Waals surface area contributed by atoms with E-state index in [2.05, 4.69) is 59.3 Å². The Labute approximate surface area is 121 Å². The summed E-state index contributed by atoms with van der Waals surface area (Å²) in [5.41, 5.74) is 7.21. The molecule has 0 heterocycles. The lowest BCUT2D eigenvalue weighted by Crippen LogP contribution is -2.07. The van der Waals surface area contributed by atoms with Crippen LogP contribution in [0.3, 0.4) is 0 Å². The van der Waals surface area contributed by atoms with Crippen LogP contribution in [0.25, 0.3) is 0 Å². The summed E-state index contributed by atoms with van der Waals surface area (Å²) in [6, 6.07) is 17.0. The summed E-state index contributed by atoms with van der Waals surface area (Å²) in [7, 11) is 0. The van der Waals surface area contributed by atoms with Crippen LogP contribution in [0.15, 0.2) is 62.8 Å². The molecule has 2 rings (SSSR count). The molecule has 0 amide bonds. The molecule has 0 aliphatic carbocycles. The van der Waals surface area contributed by atoms with Crippen LogP contribution in [0.4, 0.5) is 0 Å². The second-order valence-electron chi connectivity index (χ2n) is 4.14. The van der Waals surface area contributed by atoms with Crippen molar-refractivity contribution in [3.05, 3.63) is 58.6 Å². The summed E-state index contributed by atoms with van der Waals surface area (Å²) in [4.78, 5) is 2.47. The second kappa shape index (κ2) is 6.41. The summed E-state index contributed by atoms with van der Waals surface area (Å²) >= 11 is 5.24. The van der Waals surface area contributed by atoms with E-state index in [0.29, 0.717) is 0 Å². The first kappa shape index (κ1) is 13.7. The molecule has 0 saturated carbocycles. The van der Waals surface area contributed by atoms with Gasteiger partial charge in [0.05, 0.1) is 0 Å². The van der Waals surface area contributed by atoms with Gasteiger partial charge in [0, 0.05) is 20.3 Å². The predicted octanol–water partition coefficient (Wildman–Crippen LogP) is 5.01. The molecule has 1 unspecified atom stereocenters. The molecule has 1 nitrogen and oxygen atoms in total. The van der Waals surface area contributed by atoms with Gasteiger partial charge in [-0.3, -0.25) is 0 Å². The predicted molar refractivity (Wildman–Crippen MR) is 81.9 cm³/mol. The Morgan fingerprint density at radius 2 is 1.83 bits per heavy atom. The van der Waals surface area contributed by atoms with Crippen molar-refractivity contribution in [2.75, 3.05) is 0 Å². The van der Waals surface area contributed by atoms with Crippen molar-refractivity contribution in [3.8, 4) is 0 Å². The highest BCUT2D eigenvalue weighted by molar-refractivity contribution is 9.10. The molecule has 0 aliphatic heterocycles. The van der Waals surface area contributed by atoms with Crippen LogP contribution in [0, 0.1) is 0 Å². The van der Waals surface area contributed by atoms with Crippen molar-refractivity contribution < 1.29 is 0 Å². The van der Waals surface area contributed by atoms with Gasteiger partial charge in [-0.25, -0.2) is 0 Å². The molecule has 2 aromatic rings. The van der Waals surface area contributed by atoms with Gasteiger partial charge >= 0.3 is 0 Å². The third-order valence-electron chi connectivity index (χ3n) is 2.78. The van der Waals surface area contributed by atoms with Gasteiger partial charge < -0.3 is 5.73 Å². The minimum atomic E-state index is 0.148. The normalized spacial score (nSPS) is 12.4. The van der Waals surface area contributed by atoms with E-state index >= 15 is 0 Å². The van der Waals surface area contributed by atoms with Gasteiger partial charge in [-0.1, -0.05) is 52.8 Å². The Kier molecular flexibility index (Phi) is 4.87. The molecule has 1 atom stereocenters. The van der Waals surface area contributed by atoms with Gasteiger partial charge in [0.1, 0.15) is 0 Å². The van der Waals surface area contributed by atoms with Crippen molar-refractivity contribution in [3.63, 3.8) is 0 Å². The first-order valence-electron chi connectivity index (χ1n) is 5.98. The molecule has 0 radical (unpaired) electrons. The third-order valence-corrected chi connectivity index (χ3v) is 4.27. The van der Waals surface area contributed by atoms with Gasteiger partial charge in [0.15, 0.2) is 0 Å². The van der Waals surface area contributed by atoms with Gasteiger partial charge in [-0.2, -0.15) is 0 Å². The average molecular weight is 322 g/mol. The summed E-state index contributed by atoms with van der Waals surface area (Å²) < 4.78 is 1.11. The molecule has 0 spiro atoms. The molecule has 0 bridgehead atoms. The van der Waals surface area contributed by atoms with E-state index in [9.17, 15) is 0 Å². The molecule has 0 aromatic heterocycles. The van der Waals surface area contributed by atoms with E-state index < -0.39 is 0 Å². The van der Waals surface area contributed by atoms with E-state index in [1.807, 2.05) is 12.1 Å². The lowest BCUT2D eigenvalue weighted by Gasteiger charge is -2.09. The Bertz CT molecular complexity index is 510. The monoisotopic (exact) mass is 321 g/mol. The molecule has 0 aliphatic rings. The number of nitrogens with two attached hydrogens (primary N) is 1. The highest BCUT2D eigenvalue weighted by Crippen LogP contribution is 2.30. The fourth-order valence-electron chi connectivity index (χ4n) is 1.69. The van der Waals surface area contributed by atoms with E-state index in [1.54, 1.807) is 11.8 Å². The number of rotatable bonds is 4. The van der Waals surface area contributed by atoms with Crippen LogP contribution in [-0.4, -0.2) is 0 Å². The van der Waals surface area contributed by atoms with Crippen molar-refractivity contribution in [2.24, 2.45) is 5.73 Å². The Balaban J connectivity index is 2.11. The summed E-state index contributed by atoms with van der Waals surface area (Å²) in [5.74, 6) is 0. The number of hydrogen-bond acceptors (Lipinski definition) is 2. The zero-order valence-electron chi connectivity index (χ0n) is 10.3. The fraction of sp³-hybridized carbons (Fsp3) is 0.200. The topological polar surface area (TPSA) is 26.0 Å². The first-order chi connectivity index (χ1) is 8.69. The van der Waals surface area contributed by atoms with Crippen molar-refractivity contribution in [2.45, 2.75) is 29.2 Å². The molecule has 2 aromatic carbocycles. The van der Waals surface area contributed by atoms with E-state index in [4.69, 9.17) is 5.73 Å². The Morgan fingerprint density at radius 1 is 1.11 bits per heavy atom. The van der Waals surface area contributed by atoms with Gasteiger partial charge in [0.25, 0.3) is 0 Å². The second-order valence-corrected chi connectivity index (χ2v) is 6.21. The molecule has 0 fully saturated rings. The summed E-state index contributed by atoms with van der Waals surface area (Å²) in [5, 5.41) is 0. The minimum absolute atomic E-state index is 0.148. The third kappa shape index (κ3) is 3.61.